The van der Waals surface area contributed by atoms with E-state index in [1.54, 1.807) is 14.2 Å². The van der Waals surface area contributed by atoms with Gasteiger partial charge in [0.05, 0.1) is 20.8 Å². The molecule has 1 aromatic rings. The van der Waals surface area contributed by atoms with Crippen LogP contribution in [-0.4, -0.2) is 62.8 Å². The quantitative estimate of drug-likeness (QED) is 0.767. The molecule has 0 bridgehead atoms. The first-order valence-electron chi connectivity index (χ1n) is 8.70. The first-order chi connectivity index (χ1) is 12.2. The SMILES string of the molecule is COC[C@@H]1CCC[N+]1(C(=O)OC)N1CC=C(OC)[C@@H]1c1ccccc1. The lowest BCUT2D eigenvalue weighted by molar-refractivity contribution is -0.985. The summed E-state index contributed by atoms with van der Waals surface area (Å²) in [4.78, 5) is 13.0. The Balaban J connectivity index is 2.05. The van der Waals surface area contributed by atoms with E-state index >= 15 is 0 Å². The Morgan fingerprint density at radius 1 is 1.24 bits per heavy atom. The molecule has 0 spiro atoms. The molecule has 0 radical (unpaired) electrons. The second kappa shape index (κ2) is 7.56. The number of carbonyl (C=O) groups excluding carboxylic acids is 1. The normalized spacial score (nSPS) is 29.5. The van der Waals surface area contributed by atoms with Crippen molar-refractivity contribution in [3.8, 4) is 0 Å². The van der Waals surface area contributed by atoms with Crippen molar-refractivity contribution < 1.29 is 23.6 Å². The number of rotatable bonds is 5. The van der Waals surface area contributed by atoms with E-state index in [-0.39, 0.29) is 22.8 Å². The van der Waals surface area contributed by atoms with Crippen LogP contribution in [0.1, 0.15) is 24.4 Å². The maximum Gasteiger partial charge on any atom is 0.536 e. The third kappa shape index (κ3) is 2.94. The molecule has 1 aromatic carbocycles. The van der Waals surface area contributed by atoms with Crippen molar-refractivity contribution in [3.63, 3.8) is 0 Å². The van der Waals surface area contributed by atoms with Crippen LogP contribution < -0.4 is 0 Å². The van der Waals surface area contributed by atoms with E-state index in [1.807, 2.05) is 18.2 Å². The second-order valence-electron chi connectivity index (χ2n) is 6.52. The summed E-state index contributed by atoms with van der Waals surface area (Å²) in [5, 5.41) is 2.19. The van der Waals surface area contributed by atoms with Gasteiger partial charge in [-0.05, 0) is 11.6 Å². The molecule has 1 amide bonds. The van der Waals surface area contributed by atoms with Gasteiger partial charge < -0.3 is 14.2 Å². The molecule has 3 rings (SSSR count). The average molecular weight is 347 g/mol. The summed E-state index contributed by atoms with van der Waals surface area (Å²) in [6, 6.07) is 10.1. The lowest BCUT2D eigenvalue weighted by Crippen LogP contribution is -2.67. The first-order valence-corrected chi connectivity index (χ1v) is 8.70. The van der Waals surface area contributed by atoms with Crippen molar-refractivity contribution in [1.29, 1.82) is 0 Å². The summed E-state index contributed by atoms with van der Waals surface area (Å²) in [7, 11) is 4.83. The topological polar surface area (TPSA) is 48.0 Å². The standard InChI is InChI=1S/C19H27N2O4/c1-23-14-16-10-7-13-21(16,19(22)25-3)20-12-11-17(24-2)18(20)15-8-5-4-6-9-15/h4-6,8-9,11,16,18H,7,10,12-14H2,1-3H3/q+1/t16-,18-,21?/m0/s1. The Hall–Kier alpha value is -1.89. The molecule has 6 heteroatoms. The predicted octanol–water partition coefficient (Wildman–Crippen LogP) is 2.88. The summed E-state index contributed by atoms with van der Waals surface area (Å²) >= 11 is 0. The fourth-order valence-corrected chi connectivity index (χ4v) is 4.27. The fraction of sp³-hybridized carbons (Fsp3) is 0.526. The smallest absolute Gasteiger partial charge is 0.499 e. The molecule has 25 heavy (non-hydrogen) atoms. The Kier molecular flexibility index (Phi) is 5.42. The molecule has 136 valence electrons. The minimum absolute atomic E-state index is 0.0493. The molecule has 1 unspecified atom stereocenters. The molecule has 3 atom stereocenters. The molecule has 1 fully saturated rings. The number of likely N-dealkylation sites (tertiary alicyclic amines) is 1. The van der Waals surface area contributed by atoms with E-state index in [1.165, 1.54) is 7.11 Å². The molecule has 0 aliphatic carbocycles. The minimum Gasteiger partial charge on any atom is -0.499 e. The van der Waals surface area contributed by atoms with Crippen LogP contribution in [0.25, 0.3) is 0 Å². The van der Waals surface area contributed by atoms with Crippen molar-refractivity contribution in [2.24, 2.45) is 0 Å². The molecule has 0 saturated carbocycles. The van der Waals surface area contributed by atoms with E-state index < -0.39 is 0 Å². The third-order valence-electron chi connectivity index (χ3n) is 5.35. The summed E-state index contributed by atoms with van der Waals surface area (Å²) in [5.41, 5.74) is 1.11. The maximum atomic E-state index is 13.0. The van der Waals surface area contributed by atoms with Crippen molar-refractivity contribution in [1.82, 2.24) is 5.01 Å². The van der Waals surface area contributed by atoms with Crippen LogP contribution in [0.3, 0.4) is 0 Å². The van der Waals surface area contributed by atoms with Crippen LogP contribution in [0.4, 0.5) is 4.79 Å². The molecule has 6 nitrogen and oxygen atoms in total. The van der Waals surface area contributed by atoms with Gasteiger partial charge in [0, 0.05) is 20.0 Å². The van der Waals surface area contributed by atoms with Gasteiger partial charge in [0.15, 0.2) is 0 Å². The second-order valence-corrected chi connectivity index (χ2v) is 6.52. The average Bonchev–Trinajstić information content (AvgIpc) is 3.26. The Bertz CT molecular complexity index is 634. The molecule has 0 N–H and O–H groups in total. The molecule has 2 aliphatic rings. The lowest BCUT2D eigenvalue weighted by atomic mass is 10.1. The summed E-state index contributed by atoms with van der Waals surface area (Å²) < 4.78 is 16.5. The van der Waals surface area contributed by atoms with Gasteiger partial charge in [-0.15, -0.1) is 9.60 Å². The highest BCUT2D eigenvalue weighted by molar-refractivity contribution is 5.60. The van der Waals surface area contributed by atoms with Crippen molar-refractivity contribution >= 4 is 6.09 Å². The highest BCUT2D eigenvalue weighted by atomic mass is 16.6. The lowest BCUT2D eigenvalue weighted by Gasteiger charge is -2.43. The van der Waals surface area contributed by atoms with Crippen molar-refractivity contribution in [2.45, 2.75) is 24.9 Å². The van der Waals surface area contributed by atoms with Crippen LogP contribution in [0, 0.1) is 0 Å². The molecule has 2 aliphatic heterocycles. The molecule has 2 heterocycles. The zero-order chi connectivity index (χ0) is 17.9. The van der Waals surface area contributed by atoms with Crippen LogP contribution in [0.5, 0.6) is 0 Å². The van der Waals surface area contributed by atoms with E-state index in [9.17, 15) is 4.79 Å². The number of carbonyl (C=O) groups is 1. The van der Waals surface area contributed by atoms with Crippen LogP contribution >= 0.6 is 0 Å². The summed E-state index contributed by atoms with van der Waals surface area (Å²) in [6.07, 6.45) is 3.72. The van der Waals surface area contributed by atoms with Gasteiger partial charge in [0.1, 0.15) is 31.0 Å². The van der Waals surface area contributed by atoms with Crippen LogP contribution in [-0.2, 0) is 14.2 Å². The van der Waals surface area contributed by atoms with Crippen molar-refractivity contribution in [3.05, 3.63) is 47.7 Å². The minimum atomic E-state index is -0.230. The number of quaternary nitrogens is 1. The fourth-order valence-electron chi connectivity index (χ4n) is 4.27. The Labute approximate surface area is 149 Å². The number of ether oxygens (including phenoxy) is 3. The predicted molar refractivity (Wildman–Crippen MR) is 93.4 cm³/mol. The zero-order valence-electron chi connectivity index (χ0n) is 15.2. The molecular formula is C19H27N2O4+. The highest BCUT2D eigenvalue weighted by Crippen LogP contribution is 2.42. The number of methoxy groups -OCH3 is 3. The summed E-state index contributed by atoms with van der Waals surface area (Å²) in [6.45, 7) is 1.88. The number of nitrogens with zero attached hydrogens (tertiary/aromatic N) is 2. The van der Waals surface area contributed by atoms with E-state index in [4.69, 9.17) is 14.2 Å². The first kappa shape index (κ1) is 17.9. The van der Waals surface area contributed by atoms with E-state index in [0.717, 1.165) is 30.7 Å². The van der Waals surface area contributed by atoms with E-state index in [2.05, 4.69) is 23.2 Å². The monoisotopic (exact) mass is 347 g/mol. The Morgan fingerprint density at radius 3 is 2.64 bits per heavy atom. The van der Waals surface area contributed by atoms with E-state index in [0.29, 0.717) is 13.2 Å². The van der Waals surface area contributed by atoms with Gasteiger partial charge >= 0.3 is 6.09 Å². The zero-order valence-corrected chi connectivity index (χ0v) is 15.2. The van der Waals surface area contributed by atoms with Gasteiger partial charge in [0.25, 0.3) is 0 Å². The van der Waals surface area contributed by atoms with Crippen molar-refractivity contribution in [2.75, 3.05) is 41.0 Å². The number of benzene rings is 1. The number of hydrogen-bond acceptors (Lipinski definition) is 5. The Morgan fingerprint density at radius 2 is 2.00 bits per heavy atom. The van der Waals surface area contributed by atoms with Gasteiger partial charge in [-0.1, -0.05) is 30.3 Å². The molecule has 0 aromatic heterocycles. The largest absolute Gasteiger partial charge is 0.536 e. The molecule has 1 saturated heterocycles. The van der Waals surface area contributed by atoms with Gasteiger partial charge in [0.2, 0.25) is 0 Å². The molecular weight excluding hydrogens is 320 g/mol. The van der Waals surface area contributed by atoms with Gasteiger partial charge in [-0.2, -0.15) is 4.79 Å². The highest BCUT2D eigenvalue weighted by Gasteiger charge is 2.58. The number of hydrogen-bond donors (Lipinski definition) is 0. The number of amides is 1. The van der Waals surface area contributed by atoms with Crippen LogP contribution in [0.15, 0.2) is 42.2 Å². The maximum absolute atomic E-state index is 13.0. The van der Waals surface area contributed by atoms with Gasteiger partial charge in [-0.3, -0.25) is 0 Å². The van der Waals surface area contributed by atoms with Crippen LogP contribution in [0.2, 0.25) is 0 Å². The third-order valence-corrected chi connectivity index (χ3v) is 5.35. The van der Waals surface area contributed by atoms with Gasteiger partial charge in [-0.25, -0.2) is 0 Å². The summed E-state index contributed by atoms with van der Waals surface area (Å²) in [5.74, 6) is 0.871.